The van der Waals surface area contributed by atoms with Gasteiger partial charge in [0.05, 0.1) is 19.3 Å². The van der Waals surface area contributed by atoms with Crippen LogP contribution in [-0.2, 0) is 14.3 Å². The molecule has 0 radical (unpaired) electrons. The summed E-state index contributed by atoms with van der Waals surface area (Å²) in [6, 6.07) is 0. The van der Waals surface area contributed by atoms with Gasteiger partial charge in [0, 0.05) is 37.2 Å². The SMILES string of the molecule is CN(C)CCOC[C@]12CCCO[C@H]1CCN(C(=O)C1=CCCC1)C2. The van der Waals surface area contributed by atoms with Gasteiger partial charge in [-0.1, -0.05) is 6.08 Å². The van der Waals surface area contributed by atoms with E-state index in [2.05, 4.69) is 30.0 Å². The third-order valence-corrected chi connectivity index (χ3v) is 5.66. The fourth-order valence-electron chi connectivity index (χ4n) is 4.27. The van der Waals surface area contributed by atoms with Crippen molar-refractivity contribution < 1.29 is 14.3 Å². The summed E-state index contributed by atoms with van der Waals surface area (Å²) >= 11 is 0. The topological polar surface area (TPSA) is 42.0 Å². The van der Waals surface area contributed by atoms with Crippen LogP contribution in [0.2, 0.25) is 0 Å². The van der Waals surface area contributed by atoms with Crippen molar-refractivity contribution in [1.29, 1.82) is 0 Å². The molecule has 3 rings (SSSR count). The van der Waals surface area contributed by atoms with Gasteiger partial charge in [-0.15, -0.1) is 0 Å². The van der Waals surface area contributed by atoms with Crippen molar-refractivity contribution in [3.05, 3.63) is 11.6 Å². The third kappa shape index (κ3) is 4.01. The van der Waals surface area contributed by atoms with E-state index in [1.807, 2.05) is 0 Å². The Bertz CT molecular complexity index is 477. The first-order valence-corrected chi connectivity index (χ1v) is 9.43. The molecule has 2 atom stereocenters. The van der Waals surface area contributed by atoms with Gasteiger partial charge in [-0.3, -0.25) is 4.79 Å². The lowest BCUT2D eigenvalue weighted by molar-refractivity contribution is -0.162. The van der Waals surface area contributed by atoms with Crippen LogP contribution < -0.4 is 0 Å². The third-order valence-electron chi connectivity index (χ3n) is 5.66. The molecule has 2 aliphatic heterocycles. The molecule has 0 N–H and O–H groups in total. The number of carbonyl (C=O) groups is 1. The second-order valence-corrected chi connectivity index (χ2v) is 7.82. The Kier molecular flexibility index (Phi) is 5.95. The molecule has 0 unspecified atom stereocenters. The summed E-state index contributed by atoms with van der Waals surface area (Å²) < 4.78 is 12.1. The number of rotatable bonds is 6. The number of allylic oxidation sites excluding steroid dienone is 1. The van der Waals surface area contributed by atoms with Gasteiger partial charge in [-0.05, 0) is 52.6 Å². The second kappa shape index (κ2) is 7.98. The maximum absolute atomic E-state index is 12.8. The summed E-state index contributed by atoms with van der Waals surface area (Å²) in [5.74, 6) is 0.254. The van der Waals surface area contributed by atoms with Crippen molar-refractivity contribution in [2.24, 2.45) is 5.41 Å². The van der Waals surface area contributed by atoms with Crippen molar-refractivity contribution >= 4 is 5.91 Å². The molecule has 2 saturated heterocycles. The van der Waals surface area contributed by atoms with Crippen LogP contribution in [0.4, 0.5) is 0 Å². The Balaban J connectivity index is 1.63. The minimum atomic E-state index is -0.0162. The van der Waals surface area contributed by atoms with Crippen LogP contribution in [0.25, 0.3) is 0 Å². The smallest absolute Gasteiger partial charge is 0.249 e. The number of piperidine rings is 1. The summed E-state index contributed by atoms with van der Waals surface area (Å²) in [6.07, 6.45) is 8.61. The molecule has 0 aromatic carbocycles. The molecule has 2 fully saturated rings. The first-order valence-electron chi connectivity index (χ1n) is 9.43. The molecule has 2 heterocycles. The number of hydrogen-bond donors (Lipinski definition) is 0. The number of hydrogen-bond acceptors (Lipinski definition) is 4. The monoisotopic (exact) mass is 336 g/mol. The van der Waals surface area contributed by atoms with Gasteiger partial charge in [0.1, 0.15) is 0 Å². The molecule has 24 heavy (non-hydrogen) atoms. The van der Waals surface area contributed by atoms with Gasteiger partial charge in [0.2, 0.25) is 5.91 Å². The van der Waals surface area contributed by atoms with Crippen molar-refractivity contribution in [3.63, 3.8) is 0 Å². The van der Waals surface area contributed by atoms with E-state index in [9.17, 15) is 4.79 Å². The Labute approximate surface area is 146 Å². The van der Waals surface area contributed by atoms with Gasteiger partial charge in [-0.2, -0.15) is 0 Å². The van der Waals surface area contributed by atoms with Crippen molar-refractivity contribution in [2.75, 3.05) is 53.6 Å². The van der Waals surface area contributed by atoms with E-state index < -0.39 is 0 Å². The lowest BCUT2D eigenvalue weighted by Gasteiger charge is -2.50. The Morgan fingerprint density at radius 1 is 1.46 bits per heavy atom. The zero-order chi connectivity index (χ0) is 17.0. The van der Waals surface area contributed by atoms with Gasteiger partial charge in [0.25, 0.3) is 0 Å². The first-order chi connectivity index (χ1) is 11.6. The molecular formula is C19H32N2O3. The Morgan fingerprint density at radius 2 is 2.33 bits per heavy atom. The van der Waals surface area contributed by atoms with Crippen LogP contribution in [0, 0.1) is 5.41 Å². The number of nitrogens with zero attached hydrogens (tertiary/aromatic N) is 2. The minimum absolute atomic E-state index is 0.0162. The highest BCUT2D eigenvalue weighted by Crippen LogP contribution is 2.41. The van der Waals surface area contributed by atoms with Crippen LogP contribution in [0.1, 0.15) is 38.5 Å². The average molecular weight is 336 g/mol. The molecule has 0 bridgehead atoms. The molecule has 0 spiro atoms. The average Bonchev–Trinajstić information content (AvgIpc) is 3.12. The number of fused-ring (bicyclic) bond motifs is 1. The molecule has 0 aromatic heterocycles. The predicted octanol–water partition coefficient (Wildman–Crippen LogP) is 2.07. The highest BCUT2D eigenvalue weighted by Gasteiger charge is 2.47. The van der Waals surface area contributed by atoms with Crippen molar-refractivity contribution in [3.8, 4) is 0 Å². The van der Waals surface area contributed by atoms with Gasteiger partial charge >= 0.3 is 0 Å². The standard InChI is InChI=1S/C19H32N2O3/c1-20(2)11-13-23-15-19-9-5-12-24-17(19)8-10-21(14-19)18(22)16-6-3-4-7-16/h6,17H,3-5,7-15H2,1-2H3/t17-,19+/m0/s1. The van der Waals surface area contributed by atoms with E-state index in [-0.39, 0.29) is 17.4 Å². The lowest BCUT2D eigenvalue weighted by Crippen LogP contribution is -2.58. The summed E-state index contributed by atoms with van der Waals surface area (Å²) in [6.45, 7) is 4.82. The van der Waals surface area contributed by atoms with Crippen LogP contribution >= 0.6 is 0 Å². The van der Waals surface area contributed by atoms with Crippen molar-refractivity contribution in [2.45, 2.75) is 44.6 Å². The number of likely N-dealkylation sites (tertiary alicyclic amines) is 1. The lowest BCUT2D eigenvalue weighted by atomic mass is 9.73. The maximum Gasteiger partial charge on any atom is 0.249 e. The van der Waals surface area contributed by atoms with E-state index in [0.29, 0.717) is 6.61 Å². The normalized spacial score (nSPS) is 30.4. The molecule has 5 heteroatoms. The fourth-order valence-corrected chi connectivity index (χ4v) is 4.27. The minimum Gasteiger partial charge on any atom is -0.379 e. The van der Waals surface area contributed by atoms with E-state index in [1.54, 1.807) is 0 Å². The quantitative estimate of drug-likeness (QED) is 0.697. The van der Waals surface area contributed by atoms with E-state index in [1.165, 1.54) is 0 Å². The molecular weight excluding hydrogens is 304 g/mol. The highest BCUT2D eigenvalue weighted by atomic mass is 16.5. The second-order valence-electron chi connectivity index (χ2n) is 7.82. The van der Waals surface area contributed by atoms with Crippen LogP contribution in [-0.4, -0.2) is 75.4 Å². The summed E-state index contributed by atoms with van der Waals surface area (Å²) in [4.78, 5) is 17.0. The summed E-state index contributed by atoms with van der Waals surface area (Å²) in [5, 5.41) is 0. The fraction of sp³-hybridized carbons (Fsp3) is 0.842. The molecule has 136 valence electrons. The molecule has 0 saturated carbocycles. The zero-order valence-electron chi connectivity index (χ0n) is 15.3. The maximum atomic E-state index is 12.8. The molecule has 5 nitrogen and oxygen atoms in total. The zero-order valence-corrected chi connectivity index (χ0v) is 15.3. The van der Waals surface area contributed by atoms with E-state index >= 15 is 0 Å². The number of likely N-dealkylation sites (N-methyl/N-ethyl adjacent to an activating group) is 1. The Hall–Kier alpha value is -0.910. The van der Waals surface area contributed by atoms with Gasteiger partial charge in [0.15, 0.2) is 0 Å². The van der Waals surface area contributed by atoms with Gasteiger partial charge < -0.3 is 19.3 Å². The van der Waals surface area contributed by atoms with E-state index in [0.717, 1.165) is 76.9 Å². The number of ether oxygens (including phenoxy) is 2. The van der Waals surface area contributed by atoms with Crippen LogP contribution in [0.15, 0.2) is 11.6 Å². The van der Waals surface area contributed by atoms with Crippen LogP contribution in [0.3, 0.4) is 0 Å². The van der Waals surface area contributed by atoms with Crippen molar-refractivity contribution in [1.82, 2.24) is 9.80 Å². The van der Waals surface area contributed by atoms with E-state index in [4.69, 9.17) is 9.47 Å². The Morgan fingerprint density at radius 3 is 3.08 bits per heavy atom. The summed E-state index contributed by atoms with van der Waals surface area (Å²) in [7, 11) is 4.12. The molecule has 0 aromatic rings. The predicted molar refractivity (Wildman–Crippen MR) is 93.9 cm³/mol. The summed E-state index contributed by atoms with van der Waals surface area (Å²) in [5.41, 5.74) is 1.01. The first kappa shape index (κ1) is 17.9. The molecule has 1 aliphatic carbocycles. The molecule has 3 aliphatic rings. The van der Waals surface area contributed by atoms with Crippen LogP contribution in [0.5, 0.6) is 0 Å². The molecule has 1 amide bonds. The largest absolute Gasteiger partial charge is 0.379 e. The highest BCUT2D eigenvalue weighted by molar-refractivity contribution is 5.93. The number of amides is 1. The number of carbonyl (C=O) groups excluding carboxylic acids is 1. The van der Waals surface area contributed by atoms with Gasteiger partial charge in [-0.25, -0.2) is 0 Å².